The Kier molecular flexibility index (Phi) is 11.8. The molecule has 0 atom stereocenters. The fraction of sp³-hybridized carbons (Fsp3) is 0.302. The van der Waals surface area contributed by atoms with Gasteiger partial charge < -0.3 is 33.5 Å². The van der Waals surface area contributed by atoms with E-state index in [1.807, 2.05) is 72.8 Å². The maximum absolute atomic E-state index is 12.1. The van der Waals surface area contributed by atoms with E-state index in [-0.39, 0.29) is 24.0 Å². The molecule has 9 heteroatoms. The van der Waals surface area contributed by atoms with Gasteiger partial charge in [-0.1, -0.05) is 67.8 Å². The SMILES string of the molecule is C=CC(=O)N1CCC(Oc2cc(-c3ccc(COc4ccc(-c5ccccc5)cc4OC4CCN(C(=O)C=C)CC4)cc3OC)ccc2OC)CC1. The third-order valence-electron chi connectivity index (χ3n) is 9.63. The Hall–Kier alpha value is -5.70. The molecule has 0 bridgehead atoms. The molecule has 270 valence electrons. The van der Waals surface area contributed by atoms with Crippen LogP contribution in [-0.2, 0) is 16.2 Å². The van der Waals surface area contributed by atoms with Crippen molar-refractivity contribution in [1.82, 2.24) is 9.80 Å². The molecule has 2 aliphatic rings. The molecule has 2 fully saturated rings. The number of likely N-dealkylation sites (tertiary alicyclic amines) is 2. The summed E-state index contributed by atoms with van der Waals surface area (Å²) in [7, 11) is 3.29. The lowest BCUT2D eigenvalue weighted by Crippen LogP contribution is -2.41. The van der Waals surface area contributed by atoms with Crippen LogP contribution in [0.1, 0.15) is 31.2 Å². The van der Waals surface area contributed by atoms with E-state index in [1.54, 1.807) is 24.0 Å². The molecule has 52 heavy (non-hydrogen) atoms. The topological polar surface area (TPSA) is 86.8 Å². The van der Waals surface area contributed by atoms with E-state index in [9.17, 15) is 9.59 Å². The molecule has 2 heterocycles. The number of nitrogens with zero attached hydrogens (tertiary/aromatic N) is 2. The quantitative estimate of drug-likeness (QED) is 0.132. The van der Waals surface area contributed by atoms with Gasteiger partial charge in [0.05, 0.1) is 14.2 Å². The highest BCUT2D eigenvalue weighted by Crippen LogP contribution is 2.39. The van der Waals surface area contributed by atoms with E-state index >= 15 is 0 Å². The van der Waals surface area contributed by atoms with Crippen molar-refractivity contribution in [3.63, 3.8) is 0 Å². The summed E-state index contributed by atoms with van der Waals surface area (Å²) in [6, 6.07) is 28.1. The molecule has 2 amide bonds. The number of carbonyl (C=O) groups is 2. The first kappa shape index (κ1) is 36.1. The van der Waals surface area contributed by atoms with Crippen LogP contribution in [0.4, 0.5) is 0 Å². The minimum Gasteiger partial charge on any atom is -0.496 e. The number of benzene rings is 4. The van der Waals surface area contributed by atoms with Crippen molar-refractivity contribution >= 4 is 11.8 Å². The zero-order valence-corrected chi connectivity index (χ0v) is 29.9. The fourth-order valence-electron chi connectivity index (χ4n) is 6.70. The summed E-state index contributed by atoms with van der Waals surface area (Å²) in [5.41, 5.74) is 4.88. The van der Waals surface area contributed by atoms with Gasteiger partial charge in [-0.3, -0.25) is 9.59 Å². The second kappa shape index (κ2) is 17.0. The molecule has 6 rings (SSSR count). The molecule has 0 spiro atoms. The van der Waals surface area contributed by atoms with Gasteiger partial charge in [0.1, 0.15) is 24.6 Å². The highest BCUT2D eigenvalue weighted by atomic mass is 16.5. The number of hydrogen-bond donors (Lipinski definition) is 0. The number of ether oxygens (including phenoxy) is 5. The average molecular weight is 703 g/mol. The number of amides is 2. The predicted octanol–water partition coefficient (Wildman–Crippen LogP) is 7.73. The van der Waals surface area contributed by atoms with Gasteiger partial charge in [0.2, 0.25) is 11.8 Å². The second-order valence-corrected chi connectivity index (χ2v) is 12.9. The van der Waals surface area contributed by atoms with Gasteiger partial charge in [-0.2, -0.15) is 0 Å². The highest BCUT2D eigenvalue weighted by Gasteiger charge is 2.25. The monoisotopic (exact) mass is 702 g/mol. The van der Waals surface area contributed by atoms with E-state index in [0.29, 0.717) is 61.5 Å². The lowest BCUT2D eigenvalue weighted by atomic mass is 10.0. The first-order chi connectivity index (χ1) is 25.4. The van der Waals surface area contributed by atoms with Crippen LogP contribution < -0.4 is 23.7 Å². The summed E-state index contributed by atoms with van der Waals surface area (Å²) in [5, 5.41) is 0. The molecule has 0 saturated carbocycles. The number of piperidine rings is 2. The fourth-order valence-corrected chi connectivity index (χ4v) is 6.70. The molecule has 0 N–H and O–H groups in total. The Morgan fingerprint density at radius 3 is 1.73 bits per heavy atom. The summed E-state index contributed by atoms with van der Waals surface area (Å²) in [4.78, 5) is 27.7. The zero-order valence-electron chi connectivity index (χ0n) is 29.9. The van der Waals surface area contributed by atoms with Crippen molar-refractivity contribution in [1.29, 1.82) is 0 Å². The van der Waals surface area contributed by atoms with E-state index < -0.39 is 0 Å². The normalized spacial score (nSPS) is 15.0. The number of methoxy groups -OCH3 is 2. The first-order valence-electron chi connectivity index (χ1n) is 17.7. The molecular weight excluding hydrogens is 656 g/mol. The predicted molar refractivity (Wildman–Crippen MR) is 202 cm³/mol. The molecule has 0 unspecified atom stereocenters. The third-order valence-corrected chi connectivity index (χ3v) is 9.63. The van der Waals surface area contributed by atoms with Gasteiger partial charge in [-0.15, -0.1) is 0 Å². The Labute approximate surface area is 306 Å². The maximum atomic E-state index is 12.1. The largest absolute Gasteiger partial charge is 0.496 e. The average Bonchev–Trinajstić information content (AvgIpc) is 3.20. The molecule has 2 saturated heterocycles. The van der Waals surface area contributed by atoms with Crippen LogP contribution >= 0.6 is 0 Å². The van der Waals surface area contributed by atoms with Crippen molar-refractivity contribution in [2.45, 2.75) is 44.5 Å². The summed E-state index contributed by atoms with van der Waals surface area (Å²) in [6.07, 6.45) is 5.53. The van der Waals surface area contributed by atoms with E-state index in [4.69, 9.17) is 23.7 Å². The van der Waals surface area contributed by atoms with Crippen LogP contribution in [0.15, 0.2) is 110 Å². The van der Waals surface area contributed by atoms with Crippen LogP contribution in [0.2, 0.25) is 0 Å². The van der Waals surface area contributed by atoms with Gasteiger partial charge in [0.25, 0.3) is 0 Å². The van der Waals surface area contributed by atoms with Gasteiger partial charge in [-0.05, 0) is 64.7 Å². The molecule has 4 aromatic carbocycles. The molecule has 4 aromatic rings. The third kappa shape index (κ3) is 8.60. The smallest absolute Gasteiger partial charge is 0.245 e. The Balaban J connectivity index is 1.17. The second-order valence-electron chi connectivity index (χ2n) is 12.9. The van der Waals surface area contributed by atoms with Crippen molar-refractivity contribution in [3.05, 3.63) is 116 Å². The van der Waals surface area contributed by atoms with Crippen molar-refractivity contribution in [2.24, 2.45) is 0 Å². The molecule has 0 aliphatic carbocycles. The minimum absolute atomic E-state index is 0.0377. The van der Waals surface area contributed by atoms with Crippen LogP contribution in [0.3, 0.4) is 0 Å². The highest BCUT2D eigenvalue weighted by molar-refractivity contribution is 5.87. The van der Waals surface area contributed by atoms with Gasteiger partial charge >= 0.3 is 0 Å². The molecule has 2 aliphatic heterocycles. The number of hydrogen-bond acceptors (Lipinski definition) is 7. The summed E-state index contributed by atoms with van der Waals surface area (Å²) < 4.78 is 30.9. The van der Waals surface area contributed by atoms with Gasteiger partial charge in [0.15, 0.2) is 23.0 Å². The zero-order chi connectivity index (χ0) is 36.5. The lowest BCUT2D eigenvalue weighted by molar-refractivity contribution is -0.128. The summed E-state index contributed by atoms with van der Waals surface area (Å²) in [6.45, 7) is 10.0. The van der Waals surface area contributed by atoms with Crippen molar-refractivity contribution < 1.29 is 33.3 Å². The van der Waals surface area contributed by atoms with E-state index in [2.05, 4.69) is 25.3 Å². The lowest BCUT2D eigenvalue weighted by Gasteiger charge is -2.32. The molecule has 0 aromatic heterocycles. The Morgan fingerprint density at radius 2 is 1.15 bits per heavy atom. The Bertz CT molecular complexity index is 1880. The van der Waals surface area contributed by atoms with E-state index in [1.165, 1.54) is 12.2 Å². The number of carbonyl (C=O) groups excluding carboxylic acids is 2. The van der Waals surface area contributed by atoms with Crippen molar-refractivity contribution in [2.75, 3.05) is 40.4 Å². The summed E-state index contributed by atoms with van der Waals surface area (Å²) in [5.74, 6) is 3.20. The van der Waals surface area contributed by atoms with Crippen LogP contribution in [0.5, 0.6) is 28.7 Å². The molecule has 0 radical (unpaired) electrons. The van der Waals surface area contributed by atoms with Crippen molar-refractivity contribution in [3.8, 4) is 51.0 Å². The molecule has 9 nitrogen and oxygen atoms in total. The standard InChI is InChI=1S/C43H46N2O7/c1-5-42(46)44-22-18-34(19-23-44)51-40-28-33(14-16-37(40)48-3)36-15-12-30(26-39(36)49-4)29-50-38-17-13-32(31-10-8-7-9-11-31)27-41(38)52-35-20-24-45(25-21-35)43(47)6-2/h5-17,26-28,34-35H,1-2,18-25,29H2,3-4H3. The first-order valence-corrected chi connectivity index (χ1v) is 17.7. The van der Waals surface area contributed by atoms with Gasteiger partial charge in [-0.25, -0.2) is 0 Å². The van der Waals surface area contributed by atoms with E-state index in [0.717, 1.165) is 53.5 Å². The summed E-state index contributed by atoms with van der Waals surface area (Å²) >= 11 is 0. The maximum Gasteiger partial charge on any atom is 0.245 e. The number of rotatable bonds is 13. The molecular formula is C43H46N2O7. The minimum atomic E-state index is -0.0517. The van der Waals surface area contributed by atoms with Crippen LogP contribution in [-0.4, -0.2) is 74.2 Å². The Morgan fingerprint density at radius 1 is 0.615 bits per heavy atom. The van der Waals surface area contributed by atoms with Crippen LogP contribution in [0.25, 0.3) is 22.3 Å². The van der Waals surface area contributed by atoms with Gasteiger partial charge in [0, 0.05) is 57.4 Å². The van der Waals surface area contributed by atoms with Crippen LogP contribution in [0, 0.1) is 0 Å².